The zero-order valence-corrected chi connectivity index (χ0v) is 13.2. The number of aryl methyl sites for hydroxylation is 2. The largest absolute Gasteiger partial charge is 0.342 e. The number of rotatable bonds is 3. The Labute approximate surface area is 125 Å². The Balaban J connectivity index is 1.90. The van der Waals surface area contributed by atoms with Gasteiger partial charge in [-0.3, -0.25) is 14.7 Å². The molecule has 1 aliphatic heterocycles. The molecule has 2 N–H and O–H groups in total. The molecule has 1 aliphatic rings. The van der Waals surface area contributed by atoms with E-state index in [0.29, 0.717) is 13.1 Å². The fraction of sp³-hybridized carbons (Fsp3) is 0.667. The normalized spacial score (nSPS) is 16.3. The van der Waals surface area contributed by atoms with E-state index in [-0.39, 0.29) is 23.7 Å². The second kappa shape index (κ2) is 6.28. The molecule has 0 saturated carbocycles. The van der Waals surface area contributed by atoms with Crippen molar-refractivity contribution in [2.24, 2.45) is 11.8 Å². The van der Waals surface area contributed by atoms with Crippen LogP contribution in [0.3, 0.4) is 0 Å². The number of anilines is 1. The number of amides is 2. The highest BCUT2D eigenvalue weighted by atomic mass is 16.2. The summed E-state index contributed by atoms with van der Waals surface area (Å²) in [5, 5.41) is 9.90. The highest BCUT2D eigenvalue weighted by Crippen LogP contribution is 2.22. The summed E-state index contributed by atoms with van der Waals surface area (Å²) in [6.45, 7) is 8.90. The van der Waals surface area contributed by atoms with Crippen LogP contribution < -0.4 is 5.32 Å². The first-order chi connectivity index (χ1) is 9.90. The van der Waals surface area contributed by atoms with E-state index >= 15 is 0 Å². The molecule has 1 aromatic rings. The minimum absolute atomic E-state index is 0.0200. The van der Waals surface area contributed by atoms with Gasteiger partial charge in [-0.1, -0.05) is 13.8 Å². The van der Waals surface area contributed by atoms with Gasteiger partial charge in [-0.25, -0.2) is 0 Å². The summed E-state index contributed by atoms with van der Waals surface area (Å²) in [5.41, 5.74) is 2.45. The lowest BCUT2D eigenvalue weighted by Gasteiger charge is -2.32. The maximum atomic E-state index is 12.3. The van der Waals surface area contributed by atoms with E-state index in [1.54, 1.807) is 0 Å². The van der Waals surface area contributed by atoms with Crippen molar-refractivity contribution in [1.82, 2.24) is 15.1 Å². The lowest BCUT2D eigenvalue weighted by Crippen LogP contribution is -2.43. The number of aromatic amines is 1. The van der Waals surface area contributed by atoms with Crippen LogP contribution in [0, 0.1) is 25.7 Å². The number of likely N-dealkylation sites (tertiary alicyclic amines) is 1. The minimum Gasteiger partial charge on any atom is -0.342 e. The summed E-state index contributed by atoms with van der Waals surface area (Å²) in [7, 11) is 0. The zero-order valence-electron chi connectivity index (χ0n) is 13.2. The smallest absolute Gasteiger partial charge is 0.227 e. The first-order valence-electron chi connectivity index (χ1n) is 7.51. The average molecular weight is 292 g/mol. The molecule has 1 fully saturated rings. The quantitative estimate of drug-likeness (QED) is 0.892. The van der Waals surface area contributed by atoms with Crippen LogP contribution in [0.1, 0.15) is 38.1 Å². The third-order valence-electron chi connectivity index (χ3n) is 4.05. The first kappa shape index (κ1) is 15.5. The number of carbonyl (C=O) groups is 2. The minimum atomic E-state index is -0.0325. The van der Waals surface area contributed by atoms with E-state index in [2.05, 4.69) is 15.5 Å². The second-order valence-corrected chi connectivity index (χ2v) is 6.05. The molecule has 0 bridgehead atoms. The van der Waals surface area contributed by atoms with Crippen molar-refractivity contribution in [3.8, 4) is 0 Å². The molecule has 1 saturated heterocycles. The van der Waals surface area contributed by atoms with Gasteiger partial charge in [0.2, 0.25) is 11.8 Å². The zero-order chi connectivity index (χ0) is 15.6. The van der Waals surface area contributed by atoms with Gasteiger partial charge in [-0.05, 0) is 26.7 Å². The van der Waals surface area contributed by atoms with Crippen molar-refractivity contribution in [3.63, 3.8) is 0 Å². The number of nitrogens with zero attached hydrogens (tertiary/aromatic N) is 2. The predicted molar refractivity (Wildman–Crippen MR) is 80.8 cm³/mol. The fourth-order valence-corrected chi connectivity index (χ4v) is 2.69. The Hall–Kier alpha value is -1.85. The summed E-state index contributed by atoms with van der Waals surface area (Å²) in [6, 6.07) is 0. The fourth-order valence-electron chi connectivity index (χ4n) is 2.69. The Morgan fingerprint density at radius 2 is 1.90 bits per heavy atom. The van der Waals surface area contributed by atoms with Gasteiger partial charge in [0.05, 0.1) is 17.1 Å². The first-order valence-corrected chi connectivity index (χ1v) is 7.51. The van der Waals surface area contributed by atoms with Crippen molar-refractivity contribution < 1.29 is 9.59 Å². The van der Waals surface area contributed by atoms with Gasteiger partial charge in [0, 0.05) is 24.9 Å². The van der Waals surface area contributed by atoms with Gasteiger partial charge < -0.3 is 10.2 Å². The summed E-state index contributed by atoms with van der Waals surface area (Å²) >= 11 is 0. The topological polar surface area (TPSA) is 78.1 Å². The summed E-state index contributed by atoms with van der Waals surface area (Å²) in [5.74, 6) is 0.191. The maximum absolute atomic E-state index is 12.3. The van der Waals surface area contributed by atoms with Crippen molar-refractivity contribution in [2.75, 3.05) is 18.4 Å². The Morgan fingerprint density at radius 3 is 2.38 bits per heavy atom. The second-order valence-electron chi connectivity index (χ2n) is 6.05. The van der Waals surface area contributed by atoms with E-state index in [4.69, 9.17) is 0 Å². The van der Waals surface area contributed by atoms with E-state index in [0.717, 1.165) is 29.9 Å². The van der Waals surface area contributed by atoms with E-state index in [9.17, 15) is 9.59 Å². The van der Waals surface area contributed by atoms with Crippen molar-refractivity contribution in [3.05, 3.63) is 11.4 Å². The third kappa shape index (κ3) is 3.43. The molecule has 0 atom stereocenters. The number of aromatic nitrogens is 2. The highest BCUT2D eigenvalue weighted by molar-refractivity contribution is 5.93. The molecule has 1 aromatic heterocycles. The van der Waals surface area contributed by atoms with E-state index in [1.807, 2.05) is 32.6 Å². The Morgan fingerprint density at radius 1 is 1.29 bits per heavy atom. The summed E-state index contributed by atoms with van der Waals surface area (Å²) < 4.78 is 0. The standard InChI is InChI=1S/C15H24N4O2/c1-9(2)15(21)19-7-5-12(6-8-19)14(20)16-13-10(3)17-18-11(13)4/h9,12H,5-8H2,1-4H3,(H,16,20)(H,17,18). The molecule has 0 spiro atoms. The molecule has 2 amide bonds. The van der Waals surface area contributed by atoms with Gasteiger partial charge in [0.25, 0.3) is 0 Å². The van der Waals surface area contributed by atoms with Gasteiger partial charge in [0.15, 0.2) is 0 Å². The SMILES string of the molecule is Cc1n[nH]c(C)c1NC(=O)C1CCN(C(=O)C(C)C)CC1. The average Bonchev–Trinajstić information content (AvgIpc) is 2.78. The van der Waals surface area contributed by atoms with Crippen LogP contribution >= 0.6 is 0 Å². The van der Waals surface area contributed by atoms with E-state index < -0.39 is 0 Å². The number of piperidine rings is 1. The monoisotopic (exact) mass is 292 g/mol. The molecule has 0 aliphatic carbocycles. The van der Waals surface area contributed by atoms with Crippen LogP contribution in [0.2, 0.25) is 0 Å². The summed E-state index contributed by atoms with van der Waals surface area (Å²) in [6.07, 6.45) is 1.44. The highest BCUT2D eigenvalue weighted by Gasteiger charge is 2.28. The molecular formula is C15H24N4O2. The van der Waals surface area contributed by atoms with Crippen LogP contribution in [0.4, 0.5) is 5.69 Å². The van der Waals surface area contributed by atoms with Crippen molar-refractivity contribution in [2.45, 2.75) is 40.5 Å². The molecule has 116 valence electrons. The lowest BCUT2D eigenvalue weighted by atomic mass is 9.95. The predicted octanol–water partition coefficient (Wildman–Crippen LogP) is 1.86. The Bertz CT molecular complexity index is 508. The molecule has 6 heteroatoms. The molecule has 0 unspecified atom stereocenters. The number of hydrogen-bond acceptors (Lipinski definition) is 3. The molecular weight excluding hydrogens is 268 g/mol. The van der Waals surface area contributed by atoms with Crippen LogP contribution in [0.15, 0.2) is 0 Å². The van der Waals surface area contributed by atoms with Gasteiger partial charge in [0.1, 0.15) is 0 Å². The van der Waals surface area contributed by atoms with Crippen molar-refractivity contribution in [1.29, 1.82) is 0 Å². The molecule has 2 heterocycles. The maximum Gasteiger partial charge on any atom is 0.227 e. The van der Waals surface area contributed by atoms with Crippen molar-refractivity contribution >= 4 is 17.5 Å². The molecule has 0 aromatic carbocycles. The molecule has 6 nitrogen and oxygen atoms in total. The number of nitrogens with one attached hydrogen (secondary N) is 2. The van der Waals surface area contributed by atoms with Gasteiger partial charge in [-0.2, -0.15) is 5.10 Å². The lowest BCUT2D eigenvalue weighted by molar-refractivity contribution is -0.137. The Kier molecular flexibility index (Phi) is 4.65. The molecule has 21 heavy (non-hydrogen) atoms. The number of carbonyl (C=O) groups excluding carboxylic acids is 2. The van der Waals surface area contributed by atoms with Gasteiger partial charge in [-0.15, -0.1) is 0 Å². The third-order valence-corrected chi connectivity index (χ3v) is 4.05. The summed E-state index contributed by atoms with van der Waals surface area (Å²) in [4.78, 5) is 26.1. The molecule has 0 radical (unpaired) electrons. The molecule has 2 rings (SSSR count). The van der Waals surface area contributed by atoms with Crippen LogP contribution in [-0.4, -0.2) is 40.0 Å². The van der Waals surface area contributed by atoms with Crippen LogP contribution in [-0.2, 0) is 9.59 Å². The number of H-pyrrole nitrogens is 1. The van der Waals surface area contributed by atoms with Gasteiger partial charge >= 0.3 is 0 Å². The van der Waals surface area contributed by atoms with Crippen LogP contribution in [0.25, 0.3) is 0 Å². The van der Waals surface area contributed by atoms with Crippen LogP contribution in [0.5, 0.6) is 0 Å². The number of hydrogen-bond donors (Lipinski definition) is 2. The van der Waals surface area contributed by atoms with E-state index in [1.165, 1.54) is 0 Å².